The standard InChI is InChI=1S/C10H9BrFNO3/c11-8-5-6(13(14)15)4-7(10(8)12)9-2-1-3-16-9/h4-5,9H,1-3H2. The van der Waals surface area contributed by atoms with Crippen molar-refractivity contribution < 1.29 is 14.1 Å². The van der Waals surface area contributed by atoms with Crippen molar-refractivity contribution in [2.24, 2.45) is 0 Å². The molecule has 0 aliphatic carbocycles. The summed E-state index contributed by atoms with van der Waals surface area (Å²) in [6, 6.07) is 2.41. The quantitative estimate of drug-likeness (QED) is 0.620. The third-order valence-electron chi connectivity index (χ3n) is 2.53. The molecule has 1 unspecified atom stereocenters. The predicted octanol–water partition coefficient (Wildman–Crippen LogP) is 3.35. The summed E-state index contributed by atoms with van der Waals surface area (Å²) in [6.07, 6.45) is 1.19. The van der Waals surface area contributed by atoms with Gasteiger partial charge in [0.2, 0.25) is 0 Å². The summed E-state index contributed by atoms with van der Waals surface area (Å²) in [4.78, 5) is 10.1. The van der Waals surface area contributed by atoms with Crippen LogP contribution in [0.1, 0.15) is 24.5 Å². The van der Waals surface area contributed by atoms with Crippen molar-refractivity contribution >= 4 is 21.6 Å². The van der Waals surface area contributed by atoms with Crippen LogP contribution in [0.25, 0.3) is 0 Å². The minimum absolute atomic E-state index is 0.104. The van der Waals surface area contributed by atoms with Crippen LogP contribution in [0, 0.1) is 15.9 Å². The fourth-order valence-corrected chi connectivity index (χ4v) is 2.22. The number of non-ortho nitro benzene ring substituents is 1. The molecule has 1 heterocycles. The van der Waals surface area contributed by atoms with Crippen LogP contribution in [-0.4, -0.2) is 11.5 Å². The molecule has 0 saturated carbocycles. The lowest BCUT2D eigenvalue weighted by Gasteiger charge is -2.11. The molecular formula is C10H9BrFNO3. The SMILES string of the molecule is O=[N+]([O-])c1cc(Br)c(F)c(C2CCCO2)c1. The maximum absolute atomic E-state index is 13.7. The molecule has 1 fully saturated rings. The Labute approximate surface area is 99.7 Å². The second-order valence-corrected chi connectivity index (χ2v) is 4.44. The van der Waals surface area contributed by atoms with Gasteiger partial charge in [0.15, 0.2) is 0 Å². The molecule has 0 spiro atoms. The number of hydrogen-bond acceptors (Lipinski definition) is 3. The lowest BCUT2D eigenvalue weighted by Crippen LogP contribution is -2.02. The second-order valence-electron chi connectivity index (χ2n) is 3.59. The van der Waals surface area contributed by atoms with Crippen LogP contribution in [0.3, 0.4) is 0 Å². The summed E-state index contributed by atoms with van der Waals surface area (Å²) in [7, 11) is 0. The van der Waals surface area contributed by atoms with Crippen LogP contribution in [0.15, 0.2) is 16.6 Å². The van der Waals surface area contributed by atoms with Crippen LogP contribution in [0.5, 0.6) is 0 Å². The fraction of sp³-hybridized carbons (Fsp3) is 0.400. The molecular weight excluding hydrogens is 281 g/mol. The van der Waals surface area contributed by atoms with E-state index in [0.29, 0.717) is 13.0 Å². The summed E-state index contributed by atoms with van der Waals surface area (Å²) >= 11 is 2.98. The van der Waals surface area contributed by atoms with E-state index in [9.17, 15) is 14.5 Å². The molecule has 1 aromatic carbocycles. The van der Waals surface area contributed by atoms with E-state index in [0.717, 1.165) is 12.5 Å². The molecule has 1 aliphatic rings. The number of halogens is 2. The van der Waals surface area contributed by atoms with Gasteiger partial charge in [-0.25, -0.2) is 4.39 Å². The zero-order valence-electron chi connectivity index (χ0n) is 8.28. The highest BCUT2D eigenvalue weighted by molar-refractivity contribution is 9.10. The summed E-state index contributed by atoms with van der Waals surface area (Å²) in [5, 5.41) is 10.7. The molecule has 0 aromatic heterocycles. The lowest BCUT2D eigenvalue weighted by atomic mass is 10.1. The van der Waals surface area contributed by atoms with Crippen LogP contribution in [0.2, 0.25) is 0 Å². The molecule has 1 aliphatic heterocycles. The summed E-state index contributed by atoms with van der Waals surface area (Å²) < 4.78 is 19.2. The molecule has 1 aromatic rings. The monoisotopic (exact) mass is 289 g/mol. The summed E-state index contributed by atoms with van der Waals surface area (Å²) in [5.41, 5.74) is 0.136. The van der Waals surface area contributed by atoms with Gasteiger partial charge in [-0.15, -0.1) is 0 Å². The Hall–Kier alpha value is -1.01. The van der Waals surface area contributed by atoms with Gasteiger partial charge in [0.05, 0.1) is 15.5 Å². The molecule has 86 valence electrons. The smallest absolute Gasteiger partial charge is 0.271 e. The Morgan fingerprint density at radius 1 is 1.56 bits per heavy atom. The normalized spacial score (nSPS) is 20.0. The summed E-state index contributed by atoms with van der Waals surface area (Å²) in [5.74, 6) is -0.475. The molecule has 2 rings (SSSR count). The van der Waals surface area contributed by atoms with Gasteiger partial charge in [0.25, 0.3) is 5.69 Å². The number of nitro groups is 1. The lowest BCUT2D eigenvalue weighted by molar-refractivity contribution is -0.385. The van der Waals surface area contributed by atoms with E-state index in [4.69, 9.17) is 4.74 Å². The number of nitro benzene ring substituents is 1. The molecule has 16 heavy (non-hydrogen) atoms. The van der Waals surface area contributed by atoms with E-state index >= 15 is 0 Å². The molecule has 1 atom stereocenters. The highest BCUT2D eigenvalue weighted by atomic mass is 79.9. The van der Waals surface area contributed by atoms with E-state index in [2.05, 4.69) is 15.9 Å². The van der Waals surface area contributed by atoms with E-state index in [-0.39, 0.29) is 21.8 Å². The Bertz CT molecular complexity index is 432. The van der Waals surface area contributed by atoms with E-state index in [1.54, 1.807) is 0 Å². The Balaban J connectivity index is 2.45. The number of nitrogens with zero attached hydrogens (tertiary/aromatic N) is 1. The first-order valence-corrected chi connectivity index (χ1v) is 5.64. The van der Waals surface area contributed by atoms with E-state index in [1.807, 2.05) is 0 Å². The van der Waals surface area contributed by atoms with Gasteiger partial charge < -0.3 is 4.74 Å². The molecule has 6 heteroatoms. The fourth-order valence-electron chi connectivity index (χ4n) is 1.76. The molecule has 0 bridgehead atoms. The number of benzene rings is 1. The predicted molar refractivity (Wildman–Crippen MR) is 58.7 cm³/mol. The van der Waals surface area contributed by atoms with Crippen molar-refractivity contribution in [3.05, 3.63) is 38.1 Å². The van der Waals surface area contributed by atoms with Gasteiger partial charge in [-0.05, 0) is 28.8 Å². The molecule has 0 amide bonds. The van der Waals surface area contributed by atoms with Gasteiger partial charge in [-0.2, -0.15) is 0 Å². The molecule has 4 nitrogen and oxygen atoms in total. The topological polar surface area (TPSA) is 52.4 Å². The van der Waals surface area contributed by atoms with Crippen molar-refractivity contribution in [2.45, 2.75) is 18.9 Å². The van der Waals surface area contributed by atoms with E-state index < -0.39 is 10.7 Å². The molecule has 0 radical (unpaired) electrons. The average Bonchev–Trinajstić information content (AvgIpc) is 2.74. The third kappa shape index (κ3) is 2.08. The first kappa shape index (κ1) is 11.5. The van der Waals surface area contributed by atoms with Crippen LogP contribution < -0.4 is 0 Å². The largest absolute Gasteiger partial charge is 0.373 e. The van der Waals surface area contributed by atoms with Gasteiger partial charge in [0.1, 0.15) is 5.82 Å². The zero-order valence-corrected chi connectivity index (χ0v) is 9.87. The Morgan fingerprint density at radius 2 is 2.31 bits per heavy atom. The third-order valence-corrected chi connectivity index (χ3v) is 3.11. The van der Waals surface area contributed by atoms with Crippen LogP contribution in [-0.2, 0) is 4.74 Å². The first-order chi connectivity index (χ1) is 7.59. The molecule has 0 N–H and O–H groups in total. The number of hydrogen-bond donors (Lipinski definition) is 0. The maximum atomic E-state index is 13.7. The highest BCUT2D eigenvalue weighted by Crippen LogP contribution is 2.35. The van der Waals surface area contributed by atoms with Crippen molar-refractivity contribution in [3.63, 3.8) is 0 Å². The van der Waals surface area contributed by atoms with E-state index in [1.165, 1.54) is 6.07 Å². The Morgan fingerprint density at radius 3 is 2.88 bits per heavy atom. The van der Waals surface area contributed by atoms with Crippen LogP contribution in [0.4, 0.5) is 10.1 Å². The van der Waals surface area contributed by atoms with Crippen molar-refractivity contribution in [3.8, 4) is 0 Å². The first-order valence-electron chi connectivity index (χ1n) is 4.84. The van der Waals surface area contributed by atoms with Crippen molar-refractivity contribution in [1.29, 1.82) is 0 Å². The maximum Gasteiger partial charge on any atom is 0.271 e. The summed E-state index contributed by atoms with van der Waals surface area (Å²) in [6.45, 7) is 0.574. The number of rotatable bonds is 2. The minimum atomic E-state index is -0.539. The molecule has 1 saturated heterocycles. The average molecular weight is 290 g/mol. The highest BCUT2D eigenvalue weighted by Gasteiger charge is 2.25. The van der Waals surface area contributed by atoms with Gasteiger partial charge in [0, 0.05) is 24.3 Å². The zero-order chi connectivity index (χ0) is 11.7. The van der Waals surface area contributed by atoms with Gasteiger partial charge >= 0.3 is 0 Å². The van der Waals surface area contributed by atoms with Crippen LogP contribution >= 0.6 is 15.9 Å². The number of ether oxygens (including phenoxy) is 1. The van der Waals surface area contributed by atoms with Crippen molar-refractivity contribution in [1.82, 2.24) is 0 Å². The van der Waals surface area contributed by atoms with Gasteiger partial charge in [-0.3, -0.25) is 10.1 Å². The van der Waals surface area contributed by atoms with Gasteiger partial charge in [-0.1, -0.05) is 0 Å². The minimum Gasteiger partial charge on any atom is -0.373 e. The van der Waals surface area contributed by atoms with Crippen molar-refractivity contribution in [2.75, 3.05) is 6.61 Å². The second kappa shape index (κ2) is 4.47. The Kier molecular flexibility index (Phi) is 3.20.